The van der Waals surface area contributed by atoms with Crippen LogP contribution in [0.2, 0.25) is 0 Å². The van der Waals surface area contributed by atoms with E-state index in [1.807, 2.05) is 35.2 Å². The minimum Gasteiger partial charge on any atom is -0.468 e. The van der Waals surface area contributed by atoms with Gasteiger partial charge in [-0.1, -0.05) is 6.07 Å². The number of amides is 1. The minimum absolute atomic E-state index is 0.169. The van der Waals surface area contributed by atoms with E-state index < -0.39 is 0 Å². The van der Waals surface area contributed by atoms with Crippen LogP contribution < -0.4 is 5.32 Å². The van der Waals surface area contributed by atoms with Crippen molar-refractivity contribution in [1.82, 2.24) is 19.9 Å². The lowest BCUT2D eigenvalue weighted by atomic mass is 10.3. The van der Waals surface area contributed by atoms with Crippen LogP contribution in [-0.2, 0) is 17.9 Å². The van der Waals surface area contributed by atoms with Gasteiger partial charge in [-0.25, -0.2) is 4.98 Å². The van der Waals surface area contributed by atoms with Crippen molar-refractivity contribution in [2.75, 3.05) is 11.9 Å². The van der Waals surface area contributed by atoms with Gasteiger partial charge < -0.3 is 9.73 Å². The van der Waals surface area contributed by atoms with Gasteiger partial charge in [-0.05, 0) is 24.3 Å². The van der Waals surface area contributed by atoms with Crippen molar-refractivity contribution in [3.05, 3.63) is 72.8 Å². The van der Waals surface area contributed by atoms with E-state index in [4.69, 9.17) is 4.42 Å². The number of hydrogen-bond acceptors (Lipinski definition) is 6. The molecule has 0 aliphatic rings. The summed E-state index contributed by atoms with van der Waals surface area (Å²) in [6.07, 6.45) is 7.95. The quantitative estimate of drug-likeness (QED) is 0.717. The molecule has 0 fully saturated rings. The van der Waals surface area contributed by atoms with Crippen LogP contribution in [0.15, 0.2) is 65.8 Å². The Kier molecular flexibility index (Phi) is 5.26. The Labute approximate surface area is 139 Å². The average molecular weight is 323 g/mol. The highest BCUT2D eigenvalue weighted by atomic mass is 16.3. The number of furan rings is 1. The lowest BCUT2D eigenvalue weighted by Gasteiger charge is -2.20. The second kappa shape index (κ2) is 7.98. The van der Waals surface area contributed by atoms with Gasteiger partial charge in [0, 0.05) is 25.1 Å². The molecule has 0 unspecified atom stereocenters. The van der Waals surface area contributed by atoms with Gasteiger partial charge >= 0.3 is 0 Å². The smallest absolute Gasteiger partial charge is 0.239 e. The first-order chi connectivity index (χ1) is 11.8. The Morgan fingerprint density at radius 3 is 2.75 bits per heavy atom. The fourth-order valence-corrected chi connectivity index (χ4v) is 2.26. The van der Waals surface area contributed by atoms with Crippen molar-refractivity contribution in [1.29, 1.82) is 0 Å². The number of aromatic nitrogens is 3. The molecule has 122 valence electrons. The Bertz CT molecular complexity index is 747. The van der Waals surface area contributed by atoms with Crippen LogP contribution in [0.3, 0.4) is 0 Å². The summed E-state index contributed by atoms with van der Waals surface area (Å²) in [6.45, 7) is 1.24. The van der Waals surface area contributed by atoms with Crippen LogP contribution in [-0.4, -0.2) is 32.3 Å². The molecule has 1 amide bonds. The van der Waals surface area contributed by atoms with Gasteiger partial charge in [0.15, 0.2) is 5.82 Å². The summed E-state index contributed by atoms with van der Waals surface area (Å²) in [7, 11) is 0. The number of hydrogen-bond donors (Lipinski definition) is 1. The van der Waals surface area contributed by atoms with Gasteiger partial charge in [0.25, 0.3) is 0 Å². The molecule has 24 heavy (non-hydrogen) atoms. The van der Waals surface area contributed by atoms with E-state index in [1.54, 1.807) is 18.7 Å². The third-order valence-corrected chi connectivity index (χ3v) is 3.27. The minimum atomic E-state index is -0.169. The van der Waals surface area contributed by atoms with E-state index >= 15 is 0 Å². The Morgan fingerprint density at radius 1 is 1.08 bits per heavy atom. The van der Waals surface area contributed by atoms with Crippen molar-refractivity contribution < 1.29 is 9.21 Å². The summed E-state index contributed by atoms with van der Waals surface area (Å²) in [6, 6.07) is 9.42. The van der Waals surface area contributed by atoms with E-state index in [2.05, 4.69) is 20.3 Å². The maximum Gasteiger partial charge on any atom is 0.239 e. The maximum atomic E-state index is 12.3. The summed E-state index contributed by atoms with van der Waals surface area (Å²) < 4.78 is 5.39. The standard InChI is InChI=1S/C17H17N5O2/c23-17(21-16-10-18-7-8-20-16)13-22(12-15-5-3-9-24-15)11-14-4-1-2-6-19-14/h1-10H,11-13H2,(H,20,21,23). The second-order valence-corrected chi connectivity index (χ2v) is 5.18. The number of pyridine rings is 1. The predicted octanol–water partition coefficient (Wildman–Crippen LogP) is 2.11. The van der Waals surface area contributed by atoms with Gasteiger partial charge in [0.05, 0.1) is 31.2 Å². The van der Waals surface area contributed by atoms with E-state index in [-0.39, 0.29) is 12.5 Å². The van der Waals surface area contributed by atoms with Crippen molar-refractivity contribution in [3.8, 4) is 0 Å². The van der Waals surface area contributed by atoms with Crippen molar-refractivity contribution in [2.24, 2.45) is 0 Å². The first-order valence-corrected chi connectivity index (χ1v) is 7.50. The van der Waals surface area contributed by atoms with Crippen LogP contribution in [0.1, 0.15) is 11.5 Å². The van der Waals surface area contributed by atoms with Gasteiger partial charge in [-0.15, -0.1) is 0 Å². The molecule has 0 saturated carbocycles. The molecule has 3 aromatic rings. The number of carbonyl (C=O) groups excluding carboxylic acids is 1. The number of nitrogens with one attached hydrogen (secondary N) is 1. The Balaban J connectivity index is 1.65. The SMILES string of the molecule is O=C(CN(Cc1ccccn1)Cc1ccco1)Nc1cnccn1. The maximum absolute atomic E-state index is 12.3. The summed E-state index contributed by atoms with van der Waals surface area (Å²) in [5.41, 5.74) is 0.886. The number of carbonyl (C=O) groups is 1. The van der Waals surface area contributed by atoms with Gasteiger partial charge in [0.2, 0.25) is 5.91 Å². The van der Waals surface area contributed by atoms with E-state index in [9.17, 15) is 4.79 Å². The number of rotatable bonds is 7. The summed E-state index contributed by atoms with van der Waals surface area (Å²) in [4.78, 5) is 26.5. The molecule has 0 aromatic carbocycles. The van der Waals surface area contributed by atoms with Crippen LogP contribution in [0.25, 0.3) is 0 Å². The summed E-state index contributed by atoms with van der Waals surface area (Å²) in [5.74, 6) is 1.05. The molecule has 0 atom stereocenters. The Hall–Kier alpha value is -3.06. The lowest BCUT2D eigenvalue weighted by molar-refractivity contribution is -0.117. The highest BCUT2D eigenvalue weighted by Crippen LogP contribution is 2.09. The van der Waals surface area contributed by atoms with Crippen LogP contribution >= 0.6 is 0 Å². The predicted molar refractivity (Wildman–Crippen MR) is 87.7 cm³/mol. The molecule has 0 radical (unpaired) electrons. The van der Waals surface area contributed by atoms with Crippen LogP contribution in [0, 0.1) is 0 Å². The fourth-order valence-electron chi connectivity index (χ4n) is 2.26. The van der Waals surface area contributed by atoms with Gasteiger partial charge in [-0.3, -0.25) is 19.7 Å². The van der Waals surface area contributed by atoms with E-state index in [0.717, 1.165) is 11.5 Å². The Morgan fingerprint density at radius 2 is 2.04 bits per heavy atom. The van der Waals surface area contributed by atoms with Crippen molar-refractivity contribution >= 4 is 11.7 Å². The van der Waals surface area contributed by atoms with Crippen molar-refractivity contribution in [2.45, 2.75) is 13.1 Å². The first kappa shape index (κ1) is 15.8. The zero-order chi connectivity index (χ0) is 16.6. The normalized spacial score (nSPS) is 10.7. The molecular formula is C17H17N5O2. The topological polar surface area (TPSA) is 84.2 Å². The fraction of sp³-hybridized carbons (Fsp3) is 0.176. The average Bonchev–Trinajstić information content (AvgIpc) is 3.09. The molecule has 1 N–H and O–H groups in total. The molecule has 0 bridgehead atoms. The molecule has 3 rings (SSSR count). The van der Waals surface area contributed by atoms with Gasteiger partial charge in [0.1, 0.15) is 5.76 Å². The lowest BCUT2D eigenvalue weighted by Crippen LogP contribution is -2.33. The molecule has 3 aromatic heterocycles. The summed E-state index contributed by atoms with van der Waals surface area (Å²) in [5, 5.41) is 2.73. The van der Waals surface area contributed by atoms with E-state index in [1.165, 1.54) is 12.4 Å². The molecule has 7 nitrogen and oxygen atoms in total. The molecule has 3 heterocycles. The summed E-state index contributed by atoms with van der Waals surface area (Å²) >= 11 is 0. The van der Waals surface area contributed by atoms with Crippen LogP contribution in [0.4, 0.5) is 5.82 Å². The molecular weight excluding hydrogens is 306 g/mol. The molecule has 0 spiro atoms. The number of anilines is 1. The van der Waals surface area contributed by atoms with Crippen LogP contribution in [0.5, 0.6) is 0 Å². The zero-order valence-electron chi connectivity index (χ0n) is 13.0. The van der Waals surface area contributed by atoms with Gasteiger partial charge in [-0.2, -0.15) is 0 Å². The largest absolute Gasteiger partial charge is 0.468 e. The van der Waals surface area contributed by atoms with E-state index in [0.29, 0.717) is 18.9 Å². The van der Waals surface area contributed by atoms with Crippen molar-refractivity contribution in [3.63, 3.8) is 0 Å². The number of nitrogens with zero attached hydrogens (tertiary/aromatic N) is 4. The zero-order valence-corrected chi connectivity index (χ0v) is 13.0. The second-order valence-electron chi connectivity index (χ2n) is 5.18. The molecule has 7 heteroatoms. The third kappa shape index (κ3) is 4.72. The molecule has 0 aliphatic heterocycles. The molecule has 0 saturated heterocycles. The molecule has 0 aliphatic carbocycles. The highest BCUT2D eigenvalue weighted by Gasteiger charge is 2.14. The highest BCUT2D eigenvalue weighted by molar-refractivity contribution is 5.91. The first-order valence-electron chi connectivity index (χ1n) is 7.50. The monoisotopic (exact) mass is 323 g/mol. The third-order valence-electron chi connectivity index (χ3n) is 3.27.